The molecule has 0 bridgehead atoms. The number of nitrogens with one attached hydrogen (secondary N) is 1. The zero-order valence-electron chi connectivity index (χ0n) is 16.8. The number of aromatic amines is 1. The molecule has 0 fully saturated rings. The summed E-state index contributed by atoms with van der Waals surface area (Å²) >= 11 is 1.30. The molecule has 4 heteroatoms. The van der Waals surface area contributed by atoms with E-state index in [9.17, 15) is 0 Å². The molecule has 0 spiro atoms. The molecule has 0 unspecified atom stereocenters. The van der Waals surface area contributed by atoms with Crippen LogP contribution in [-0.2, 0) is 24.2 Å². The molecule has 3 aromatic rings. The third-order valence-corrected chi connectivity index (χ3v) is 1.99. The van der Waals surface area contributed by atoms with E-state index in [1.807, 2.05) is 18.3 Å². The van der Waals surface area contributed by atoms with Crippen molar-refractivity contribution in [2.75, 3.05) is 0 Å². The Kier molecular flexibility index (Phi) is 31.1. The van der Waals surface area contributed by atoms with E-state index in [0.29, 0.717) is 0 Å². The maximum atomic E-state index is 3.34. The van der Waals surface area contributed by atoms with Crippen LogP contribution in [0.2, 0.25) is 0 Å². The Hall–Kier alpha value is -0.557. The van der Waals surface area contributed by atoms with Crippen molar-refractivity contribution in [1.82, 2.24) is 4.98 Å². The molecular formula is C22H33Cl2NZr-4. The molecule has 0 aliphatic heterocycles. The Morgan fingerprint density at radius 2 is 1.38 bits per heavy atom. The number of halogens is 2. The van der Waals surface area contributed by atoms with E-state index in [-0.39, 0.29) is 24.8 Å². The molecule has 0 aliphatic rings. The van der Waals surface area contributed by atoms with Gasteiger partial charge < -0.3 is 16.8 Å². The van der Waals surface area contributed by atoms with Crippen molar-refractivity contribution in [3.63, 3.8) is 0 Å². The monoisotopic (exact) mass is 471 g/mol. The van der Waals surface area contributed by atoms with E-state index in [2.05, 4.69) is 99.4 Å². The van der Waals surface area contributed by atoms with E-state index in [1.165, 1.54) is 46.8 Å². The summed E-state index contributed by atoms with van der Waals surface area (Å²) < 4.78 is 3.34. The van der Waals surface area contributed by atoms with E-state index in [0.717, 1.165) is 0 Å². The molecule has 3 rings (SSSR count). The van der Waals surface area contributed by atoms with Crippen LogP contribution in [0.1, 0.15) is 41.5 Å². The van der Waals surface area contributed by atoms with Gasteiger partial charge in [0, 0.05) is 0 Å². The Labute approximate surface area is 188 Å². The number of benzene rings is 1. The minimum Gasteiger partial charge on any atom is -0.484 e. The summed E-state index contributed by atoms with van der Waals surface area (Å²) in [7, 11) is 0. The van der Waals surface area contributed by atoms with E-state index in [4.69, 9.17) is 0 Å². The summed E-state index contributed by atoms with van der Waals surface area (Å²) in [5.74, 6) is 2.83. The normalized spacial score (nSPS) is 7.96. The van der Waals surface area contributed by atoms with Crippen molar-refractivity contribution < 1.29 is 24.2 Å². The number of aromatic nitrogens is 1. The molecule has 0 saturated carbocycles. The van der Waals surface area contributed by atoms with Crippen LogP contribution in [-0.4, -0.2) is 9.20 Å². The van der Waals surface area contributed by atoms with Crippen LogP contribution in [0.3, 0.4) is 0 Å². The van der Waals surface area contributed by atoms with Gasteiger partial charge in [0.15, 0.2) is 0 Å². The number of rotatable bonds is 0. The third kappa shape index (κ3) is 25.7. The first kappa shape index (κ1) is 33.1. The van der Waals surface area contributed by atoms with Gasteiger partial charge in [0.1, 0.15) is 0 Å². The first-order valence-electron chi connectivity index (χ1n) is 7.92. The van der Waals surface area contributed by atoms with Gasteiger partial charge in [-0.2, -0.15) is 77.4 Å². The summed E-state index contributed by atoms with van der Waals surface area (Å²) in [6.45, 7) is 12.5. The minimum atomic E-state index is 0. The second-order valence-corrected chi connectivity index (χ2v) is 5.97. The Morgan fingerprint density at radius 1 is 0.885 bits per heavy atom. The zero-order valence-corrected chi connectivity index (χ0v) is 20.9. The molecule has 0 saturated heterocycles. The van der Waals surface area contributed by atoms with Gasteiger partial charge in [0.2, 0.25) is 0 Å². The summed E-state index contributed by atoms with van der Waals surface area (Å²) in [6, 6.07) is 18.4. The quantitative estimate of drug-likeness (QED) is 0.327. The van der Waals surface area contributed by atoms with Crippen molar-refractivity contribution in [2.24, 2.45) is 0 Å². The summed E-state index contributed by atoms with van der Waals surface area (Å²) in [5.41, 5.74) is 0. The number of hydrogen-bond acceptors (Lipinski definition) is 0. The van der Waals surface area contributed by atoms with Crippen LogP contribution < -0.4 is 0 Å². The molecule has 26 heavy (non-hydrogen) atoms. The Morgan fingerprint density at radius 3 is 1.73 bits per heavy atom. The molecule has 1 nitrogen and oxygen atoms in total. The smallest absolute Gasteiger partial charge is 0.0809 e. The largest absolute Gasteiger partial charge is 0.484 e. The molecule has 0 atom stereocenters. The molecule has 0 aliphatic carbocycles. The van der Waals surface area contributed by atoms with Crippen LogP contribution >= 0.6 is 24.8 Å². The average molecular weight is 474 g/mol. The molecular weight excluding hydrogens is 440 g/mol. The maximum absolute atomic E-state index is 3.34. The number of H-pyrrole nitrogens is 1. The first-order valence-corrected chi connectivity index (χ1v) is 9.66. The SMILES string of the molecule is C[C-](C)C.C[C-](C)C.Cl.Cl.[CH2]=[Zr].[c-]1ccc[nH]1.c1ccc2[cH-]ccc2c1. The fourth-order valence-corrected chi connectivity index (χ4v) is 1.31. The van der Waals surface area contributed by atoms with Gasteiger partial charge in [-0.05, 0) is 0 Å². The van der Waals surface area contributed by atoms with E-state index >= 15 is 0 Å². The van der Waals surface area contributed by atoms with Gasteiger partial charge in [0.25, 0.3) is 0 Å². The van der Waals surface area contributed by atoms with E-state index in [1.54, 1.807) is 0 Å². The van der Waals surface area contributed by atoms with Crippen LogP contribution in [0, 0.1) is 18.0 Å². The molecule has 148 valence electrons. The van der Waals surface area contributed by atoms with Crippen LogP contribution in [0.25, 0.3) is 10.8 Å². The Bertz CT molecular complexity index is 516. The summed E-state index contributed by atoms with van der Waals surface area (Å²) in [6.07, 6.45) is 4.56. The molecule has 0 amide bonds. The molecule has 2 aromatic carbocycles. The number of hydrogen-bond donors (Lipinski definition) is 1. The van der Waals surface area contributed by atoms with Crippen molar-refractivity contribution in [1.29, 1.82) is 0 Å². The second-order valence-electron chi connectivity index (χ2n) is 5.97. The second kappa shape index (κ2) is 24.4. The summed E-state index contributed by atoms with van der Waals surface area (Å²) in [5, 5.41) is 2.66. The Balaban J connectivity index is -0.000000125. The summed E-state index contributed by atoms with van der Waals surface area (Å²) in [4.78, 5) is 2.74. The predicted molar refractivity (Wildman–Crippen MR) is 121 cm³/mol. The van der Waals surface area contributed by atoms with Gasteiger partial charge in [-0.1, -0.05) is 6.07 Å². The topological polar surface area (TPSA) is 15.8 Å². The molecule has 1 heterocycles. The predicted octanol–water partition coefficient (Wildman–Crippen LogP) is 7.42. The fourth-order valence-electron chi connectivity index (χ4n) is 1.31. The van der Waals surface area contributed by atoms with Crippen molar-refractivity contribution in [3.8, 4) is 0 Å². The van der Waals surface area contributed by atoms with Gasteiger partial charge in [-0.25, -0.2) is 0 Å². The molecule has 1 N–H and O–H groups in total. The van der Waals surface area contributed by atoms with Gasteiger partial charge >= 0.3 is 28.4 Å². The van der Waals surface area contributed by atoms with E-state index < -0.39 is 0 Å². The standard InChI is InChI=1S/C9H7.C4H4N.2C4H9.CH2.2ClH.Zr/c1-2-5-9-7-3-6-8(9)4-1;1-2-4-5-3-1;2*1-4(2)3;;;;/h1-7H;1-3,5H;2*1-3H3;1H2;2*1H;/q4*-1;;;;. The minimum absolute atomic E-state index is 0. The molecule has 1 aromatic heterocycles. The first-order chi connectivity index (χ1) is 11.4. The van der Waals surface area contributed by atoms with Crippen molar-refractivity contribution in [3.05, 3.63) is 78.8 Å². The zero-order chi connectivity index (χ0) is 18.8. The molecule has 0 radical (unpaired) electrons. The average Bonchev–Trinajstić information content (AvgIpc) is 3.23. The van der Waals surface area contributed by atoms with Gasteiger partial charge in [0.05, 0.1) is 0 Å². The van der Waals surface area contributed by atoms with Gasteiger partial charge in [-0.15, -0.1) is 60.7 Å². The van der Waals surface area contributed by atoms with Crippen molar-refractivity contribution >= 4 is 39.8 Å². The maximum Gasteiger partial charge on any atom is -0.0809 e. The van der Waals surface area contributed by atoms with Crippen LogP contribution in [0.5, 0.6) is 0 Å². The van der Waals surface area contributed by atoms with Gasteiger partial charge in [-0.3, -0.25) is 0 Å². The fraction of sp³-hybridized carbons (Fsp3) is 0.273. The third-order valence-electron chi connectivity index (χ3n) is 1.99. The van der Waals surface area contributed by atoms with Crippen LogP contribution in [0.4, 0.5) is 0 Å². The van der Waals surface area contributed by atoms with Crippen molar-refractivity contribution in [2.45, 2.75) is 41.5 Å². The van der Waals surface area contributed by atoms with Crippen LogP contribution in [0.15, 0.2) is 60.8 Å². The number of fused-ring (bicyclic) bond motifs is 1.